The Balaban J connectivity index is 1.60. The first-order valence-corrected chi connectivity index (χ1v) is 8.79. The van der Waals surface area contributed by atoms with Gasteiger partial charge in [-0.1, -0.05) is 18.2 Å². The molecule has 0 aliphatic carbocycles. The van der Waals surface area contributed by atoms with Crippen molar-refractivity contribution in [2.45, 2.75) is 26.2 Å². The zero-order valence-electron chi connectivity index (χ0n) is 15.2. The minimum Gasteiger partial charge on any atom is -0.345 e. The van der Waals surface area contributed by atoms with E-state index in [9.17, 15) is 9.59 Å². The number of carbonyl (C=O) groups excluding carboxylic acids is 1. The van der Waals surface area contributed by atoms with Crippen molar-refractivity contribution in [3.8, 4) is 0 Å². The second kappa shape index (κ2) is 7.95. The van der Waals surface area contributed by atoms with Gasteiger partial charge in [-0.3, -0.25) is 14.6 Å². The molecule has 5 heteroatoms. The Morgan fingerprint density at radius 3 is 2.77 bits per heavy atom. The van der Waals surface area contributed by atoms with Crippen molar-refractivity contribution in [2.75, 3.05) is 13.6 Å². The van der Waals surface area contributed by atoms with Crippen molar-refractivity contribution < 1.29 is 4.79 Å². The summed E-state index contributed by atoms with van der Waals surface area (Å²) in [6.45, 7) is 2.61. The van der Waals surface area contributed by atoms with Gasteiger partial charge in [0.1, 0.15) is 0 Å². The molecule has 0 aliphatic heterocycles. The molecule has 3 rings (SSSR count). The summed E-state index contributed by atoms with van der Waals surface area (Å²) in [7, 11) is 1.79. The SMILES string of the molecule is Cc1ccc2cc(CCC(=O)N(C)CCc3ccccn3)c(=O)[nH]c2c1. The normalized spacial score (nSPS) is 10.8. The van der Waals surface area contributed by atoms with Gasteiger partial charge in [0.15, 0.2) is 0 Å². The number of amides is 1. The second-order valence-corrected chi connectivity index (χ2v) is 6.60. The zero-order valence-corrected chi connectivity index (χ0v) is 15.2. The van der Waals surface area contributed by atoms with Gasteiger partial charge in [-0.15, -0.1) is 0 Å². The van der Waals surface area contributed by atoms with E-state index in [0.29, 0.717) is 24.9 Å². The second-order valence-electron chi connectivity index (χ2n) is 6.60. The van der Waals surface area contributed by atoms with Crippen LogP contribution in [0.5, 0.6) is 0 Å². The van der Waals surface area contributed by atoms with Crippen molar-refractivity contribution >= 4 is 16.8 Å². The molecule has 2 heterocycles. The summed E-state index contributed by atoms with van der Waals surface area (Å²) < 4.78 is 0. The minimum absolute atomic E-state index is 0.0318. The van der Waals surface area contributed by atoms with Crippen LogP contribution in [0.15, 0.2) is 53.5 Å². The summed E-state index contributed by atoms with van der Waals surface area (Å²) in [6.07, 6.45) is 3.23. The summed E-state index contributed by atoms with van der Waals surface area (Å²) >= 11 is 0. The number of aromatic amines is 1. The largest absolute Gasteiger partial charge is 0.345 e. The van der Waals surface area contributed by atoms with Gasteiger partial charge in [-0.25, -0.2) is 0 Å². The summed E-state index contributed by atoms with van der Waals surface area (Å²) in [5.74, 6) is 0.0318. The lowest BCUT2D eigenvalue weighted by atomic mass is 10.1. The zero-order chi connectivity index (χ0) is 18.5. The van der Waals surface area contributed by atoms with Gasteiger partial charge in [-0.05, 0) is 48.6 Å². The average molecular weight is 349 g/mol. The maximum absolute atomic E-state index is 12.4. The first kappa shape index (κ1) is 17.9. The maximum Gasteiger partial charge on any atom is 0.251 e. The van der Waals surface area contributed by atoms with E-state index in [1.165, 1.54) is 0 Å². The molecule has 0 fully saturated rings. The Bertz CT molecular complexity index is 964. The Hall–Kier alpha value is -2.95. The molecule has 0 atom stereocenters. The number of aromatic nitrogens is 2. The molecule has 0 unspecified atom stereocenters. The molecular weight excluding hydrogens is 326 g/mol. The molecule has 0 radical (unpaired) electrons. The molecule has 3 aromatic rings. The third-order valence-corrected chi connectivity index (χ3v) is 4.54. The van der Waals surface area contributed by atoms with Gasteiger partial charge in [-0.2, -0.15) is 0 Å². The Labute approximate surface area is 152 Å². The molecule has 0 aliphatic rings. The van der Waals surface area contributed by atoms with Crippen molar-refractivity contribution in [1.29, 1.82) is 0 Å². The Kier molecular flexibility index (Phi) is 5.46. The summed E-state index contributed by atoms with van der Waals surface area (Å²) in [5.41, 5.74) is 3.43. The molecule has 26 heavy (non-hydrogen) atoms. The number of aryl methyl sites for hydroxylation is 2. The van der Waals surface area contributed by atoms with Gasteiger partial charge in [0.05, 0.1) is 0 Å². The van der Waals surface area contributed by atoms with Crippen molar-refractivity contribution in [2.24, 2.45) is 0 Å². The van der Waals surface area contributed by atoms with Crippen molar-refractivity contribution in [3.63, 3.8) is 0 Å². The molecule has 0 bridgehead atoms. The lowest BCUT2D eigenvalue weighted by Crippen LogP contribution is -2.29. The van der Waals surface area contributed by atoms with Crippen molar-refractivity contribution in [1.82, 2.24) is 14.9 Å². The highest BCUT2D eigenvalue weighted by Gasteiger charge is 2.11. The fourth-order valence-electron chi connectivity index (χ4n) is 2.93. The lowest BCUT2D eigenvalue weighted by molar-refractivity contribution is -0.129. The molecule has 0 spiro atoms. The summed E-state index contributed by atoms with van der Waals surface area (Å²) in [5, 5.41) is 0.987. The molecule has 0 saturated heterocycles. The third-order valence-electron chi connectivity index (χ3n) is 4.54. The number of likely N-dealkylation sites (N-methyl/N-ethyl adjacent to an activating group) is 1. The van der Waals surface area contributed by atoms with Gasteiger partial charge < -0.3 is 9.88 Å². The Morgan fingerprint density at radius 1 is 1.15 bits per heavy atom. The van der Waals surface area contributed by atoms with Crippen molar-refractivity contribution in [3.05, 3.63) is 75.8 Å². The van der Waals surface area contributed by atoms with Crippen LogP contribution in [0.1, 0.15) is 23.2 Å². The maximum atomic E-state index is 12.4. The van der Waals surface area contributed by atoms with E-state index in [2.05, 4.69) is 9.97 Å². The molecule has 1 N–H and O–H groups in total. The predicted molar refractivity (Wildman–Crippen MR) is 103 cm³/mol. The number of hydrogen-bond acceptors (Lipinski definition) is 3. The first-order valence-electron chi connectivity index (χ1n) is 8.79. The summed E-state index contributed by atoms with van der Waals surface area (Å²) in [4.78, 5) is 33.5. The average Bonchev–Trinajstić information content (AvgIpc) is 2.65. The van der Waals surface area contributed by atoms with E-state index in [4.69, 9.17) is 0 Å². The smallest absolute Gasteiger partial charge is 0.251 e. The highest BCUT2D eigenvalue weighted by Crippen LogP contribution is 2.14. The minimum atomic E-state index is -0.118. The number of rotatable bonds is 6. The van der Waals surface area contributed by atoms with E-state index in [-0.39, 0.29) is 11.5 Å². The molecule has 5 nitrogen and oxygen atoms in total. The van der Waals surface area contributed by atoms with Gasteiger partial charge in [0.2, 0.25) is 5.91 Å². The topological polar surface area (TPSA) is 66.1 Å². The number of fused-ring (bicyclic) bond motifs is 1. The van der Waals surface area contributed by atoms with Crippen LogP contribution in [-0.2, 0) is 17.6 Å². The Morgan fingerprint density at radius 2 is 2.00 bits per heavy atom. The van der Waals surface area contributed by atoms with E-state index in [1.54, 1.807) is 18.1 Å². The van der Waals surface area contributed by atoms with Crippen LogP contribution in [-0.4, -0.2) is 34.4 Å². The van der Waals surface area contributed by atoms with Crippen LogP contribution in [0.25, 0.3) is 10.9 Å². The van der Waals surface area contributed by atoms with Crippen LogP contribution in [0.4, 0.5) is 0 Å². The van der Waals surface area contributed by atoms with Crippen LogP contribution in [0.3, 0.4) is 0 Å². The first-order chi connectivity index (χ1) is 12.5. The van der Waals surface area contributed by atoms with Crippen LogP contribution >= 0.6 is 0 Å². The molecule has 0 saturated carbocycles. The van der Waals surface area contributed by atoms with Gasteiger partial charge >= 0.3 is 0 Å². The van der Waals surface area contributed by atoms with Crippen LogP contribution in [0.2, 0.25) is 0 Å². The number of pyridine rings is 2. The quantitative estimate of drug-likeness (QED) is 0.744. The number of carbonyl (C=O) groups is 1. The molecule has 1 aromatic carbocycles. The molecule has 134 valence electrons. The number of nitrogens with zero attached hydrogens (tertiary/aromatic N) is 2. The highest BCUT2D eigenvalue weighted by molar-refractivity contribution is 5.80. The van der Waals surface area contributed by atoms with E-state index < -0.39 is 0 Å². The highest BCUT2D eigenvalue weighted by atomic mass is 16.2. The van der Waals surface area contributed by atoms with E-state index in [1.807, 2.05) is 49.4 Å². The number of nitrogens with one attached hydrogen (secondary N) is 1. The van der Waals surface area contributed by atoms with Crippen LogP contribution in [0, 0.1) is 6.92 Å². The van der Waals surface area contributed by atoms with Gasteiger partial charge in [0.25, 0.3) is 5.56 Å². The van der Waals surface area contributed by atoms with Crippen LogP contribution < -0.4 is 5.56 Å². The summed E-state index contributed by atoms with van der Waals surface area (Å²) in [6, 6.07) is 13.6. The van der Waals surface area contributed by atoms with E-state index in [0.717, 1.165) is 28.6 Å². The monoisotopic (exact) mass is 349 g/mol. The number of H-pyrrole nitrogens is 1. The third kappa shape index (κ3) is 4.36. The van der Waals surface area contributed by atoms with Gasteiger partial charge in [0, 0.05) is 49.4 Å². The number of benzene rings is 1. The standard InChI is InChI=1S/C21H23N3O2/c1-15-6-7-16-14-17(21(26)23-19(16)13-15)8-9-20(25)24(2)12-10-18-5-3-4-11-22-18/h3-7,11,13-14H,8-10,12H2,1-2H3,(H,23,26). The molecule has 2 aromatic heterocycles. The number of hydrogen-bond donors (Lipinski definition) is 1. The molecular formula is C21H23N3O2. The fraction of sp³-hybridized carbons (Fsp3) is 0.286. The fourth-order valence-corrected chi connectivity index (χ4v) is 2.93. The predicted octanol–water partition coefficient (Wildman–Crippen LogP) is 2.87. The van der Waals surface area contributed by atoms with E-state index >= 15 is 0 Å². The lowest BCUT2D eigenvalue weighted by Gasteiger charge is -2.16. The molecule has 1 amide bonds.